The van der Waals surface area contributed by atoms with Crippen LogP contribution in [0.4, 0.5) is 13.2 Å². The highest BCUT2D eigenvalue weighted by atomic mass is 19.4. The number of nitrogens with zero attached hydrogens (tertiary/aromatic N) is 4. The monoisotopic (exact) mass is 298 g/mol. The molecule has 1 aliphatic carbocycles. The van der Waals surface area contributed by atoms with Crippen LogP contribution in [0, 0.1) is 0 Å². The summed E-state index contributed by atoms with van der Waals surface area (Å²) in [6.07, 6.45) is -2.27. The van der Waals surface area contributed by atoms with Crippen LogP contribution in [0.15, 0.2) is 18.2 Å². The maximum absolute atomic E-state index is 12.8. The molecule has 0 aliphatic heterocycles. The van der Waals surface area contributed by atoms with Gasteiger partial charge in [0.15, 0.2) is 6.29 Å². The van der Waals surface area contributed by atoms with Crippen LogP contribution in [0.2, 0.25) is 0 Å². The van der Waals surface area contributed by atoms with Crippen LogP contribution in [0.1, 0.15) is 29.0 Å². The molecule has 1 aliphatic rings. The highest BCUT2D eigenvalue weighted by Gasteiger charge is 2.38. The molecule has 0 radical (unpaired) electrons. The third-order valence-corrected chi connectivity index (χ3v) is 2.91. The van der Waals surface area contributed by atoms with Crippen molar-refractivity contribution in [1.82, 2.24) is 20.2 Å². The maximum Gasteiger partial charge on any atom is 0.453 e. The summed E-state index contributed by atoms with van der Waals surface area (Å²) in [6, 6.07) is 4.08. The first-order valence-electron chi connectivity index (χ1n) is 6.11. The molecule has 0 amide bonds. The van der Waals surface area contributed by atoms with E-state index in [1.54, 1.807) is 0 Å². The molecule has 110 valence electrons. The van der Waals surface area contributed by atoms with E-state index in [-0.39, 0.29) is 17.4 Å². The minimum Gasteiger partial charge on any atom is -0.490 e. The average molecular weight is 298 g/mol. The van der Waals surface area contributed by atoms with E-state index in [1.165, 1.54) is 18.2 Å². The second-order valence-corrected chi connectivity index (χ2v) is 4.57. The van der Waals surface area contributed by atoms with Crippen molar-refractivity contribution in [2.45, 2.75) is 25.1 Å². The lowest BCUT2D eigenvalue weighted by Gasteiger charge is -2.10. The zero-order chi connectivity index (χ0) is 15.0. The summed E-state index contributed by atoms with van der Waals surface area (Å²) >= 11 is 0. The fourth-order valence-electron chi connectivity index (χ4n) is 1.77. The number of carbonyl (C=O) groups is 1. The predicted octanol–water partition coefficient (Wildman–Crippen LogP) is 2.03. The van der Waals surface area contributed by atoms with Gasteiger partial charge in [-0.1, -0.05) is 0 Å². The predicted molar refractivity (Wildman–Crippen MR) is 63.2 cm³/mol. The first kappa shape index (κ1) is 13.5. The van der Waals surface area contributed by atoms with Crippen molar-refractivity contribution >= 4 is 6.29 Å². The molecule has 0 spiro atoms. The molecule has 1 fully saturated rings. The number of hydrogen-bond donors (Lipinski definition) is 0. The van der Waals surface area contributed by atoms with Crippen LogP contribution < -0.4 is 4.74 Å². The van der Waals surface area contributed by atoms with Gasteiger partial charge in [-0.15, -0.1) is 5.10 Å². The van der Waals surface area contributed by atoms with Crippen LogP contribution in [0.5, 0.6) is 5.75 Å². The Hall–Kier alpha value is -2.45. The fraction of sp³-hybridized carbons (Fsp3) is 0.333. The van der Waals surface area contributed by atoms with Crippen molar-refractivity contribution < 1.29 is 22.7 Å². The van der Waals surface area contributed by atoms with Crippen molar-refractivity contribution in [1.29, 1.82) is 0 Å². The van der Waals surface area contributed by atoms with Gasteiger partial charge in [0.05, 0.1) is 17.4 Å². The second-order valence-electron chi connectivity index (χ2n) is 4.57. The second kappa shape index (κ2) is 4.83. The first-order chi connectivity index (χ1) is 9.99. The number of alkyl halides is 3. The molecule has 1 heterocycles. The van der Waals surface area contributed by atoms with E-state index in [9.17, 15) is 18.0 Å². The Morgan fingerprint density at radius 2 is 2.10 bits per heavy atom. The highest BCUT2D eigenvalue weighted by Crippen LogP contribution is 2.31. The van der Waals surface area contributed by atoms with Crippen LogP contribution in [0.25, 0.3) is 5.69 Å². The highest BCUT2D eigenvalue weighted by molar-refractivity contribution is 5.80. The van der Waals surface area contributed by atoms with E-state index in [2.05, 4.69) is 15.5 Å². The minimum absolute atomic E-state index is 0.0394. The van der Waals surface area contributed by atoms with Crippen LogP contribution in [-0.4, -0.2) is 32.6 Å². The van der Waals surface area contributed by atoms with Crippen molar-refractivity contribution in [3.63, 3.8) is 0 Å². The van der Waals surface area contributed by atoms with E-state index in [4.69, 9.17) is 4.74 Å². The summed E-state index contributed by atoms with van der Waals surface area (Å²) in [5.41, 5.74) is 0.195. The van der Waals surface area contributed by atoms with Crippen LogP contribution in [0.3, 0.4) is 0 Å². The molecule has 0 bridgehead atoms. The first-order valence-corrected chi connectivity index (χ1v) is 6.11. The molecule has 2 aromatic rings. The van der Waals surface area contributed by atoms with E-state index in [0.717, 1.165) is 12.8 Å². The summed E-state index contributed by atoms with van der Waals surface area (Å²) in [4.78, 5) is 11.1. The van der Waals surface area contributed by atoms with Gasteiger partial charge in [0, 0.05) is 0 Å². The van der Waals surface area contributed by atoms with Gasteiger partial charge >= 0.3 is 6.18 Å². The van der Waals surface area contributed by atoms with Crippen molar-refractivity contribution in [2.75, 3.05) is 0 Å². The maximum atomic E-state index is 12.8. The third-order valence-electron chi connectivity index (χ3n) is 2.91. The van der Waals surface area contributed by atoms with Gasteiger partial charge in [0.2, 0.25) is 0 Å². The van der Waals surface area contributed by atoms with Crippen LogP contribution >= 0.6 is 0 Å². The Labute approximate surface area is 116 Å². The largest absolute Gasteiger partial charge is 0.490 e. The molecule has 9 heteroatoms. The van der Waals surface area contributed by atoms with E-state index >= 15 is 0 Å². The molecule has 0 unspecified atom stereocenters. The molecule has 21 heavy (non-hydrogen) atoms. The SMILES string of the molecule is O=Cc1cc(-n2nnnc2C(F)(F)F)ccc1OC1CC1. The Morgan fingerprint density at radius 1 is 1.33 bits per heavy atom. The number of halogens is 3. The normalized spacial score (nSPS) is 15.0. The zero-order valence-corrected chi connectivity index (χ0v) is 10.5. The van der Waals surface area contributed by atoms with E-state index in [1.807, 2.05) is 0 Å². The molecule has 0 atom stereocenters. The topological polar surface area (TPSA) is 69.9 Å². The number of benzene rings is 1. The Morgan fingerprint density at radius 3 is 2.71 bits per heavy atom. The van der Waals surface area contributed by atoms with Crippen molar-refractivity contribution in [3.05, 3.63) is 29.6 Å². The standard InChI is InChI=1S/C12H9F3N4O2/c13-12(14,15)11-16-17-18-19(11)8-1-4-10(7(5-8)6-20)21-9-2-3-9/h1,4-6,9H,2-3H2. The molecule has 0 N–H and O–H groups in total. The molecular formula is C12H9F3N4O2. The zero-order valence-electron chi connectivity index (χ0n) is 10.5. The molecule has 6 nitrogen and oxygen atoms in total. The number of hydrogen-bond acceptors (Lipinski definition) is 5. The summed E-state index contributed by atoms with van der Waals surface area (Å²) in [7, 11) is 0. The quantitative estimate of drug-likeness (QED) is 0.808. The van der Waals surface area contributed by atoms with Gasteiger partial charge in [-0.05, 0) is 41.5 Å². The lowest BCUT2D eigenvalue weighted by molar-refractivity contribution is -0.146. The Kier molecular flexibility index (Phi) is 3.11. The van der Waals surface area contributed by atoms with Crippen molar-refractivity contribution in [2.24, 2.45) is 0 Å². The van der Waals surface area contributed by atoms with Gasteiger partial charge in [-0.3, -0.25) is 4.79 Å². The number of aldehydes is 1. The summed E-state index contributed by atoms with van der Waals surface area (Å²) < 4.78 is 44.3. The van der Waals surface area contributed by atoms with E-state index < -0.39 is 12.0 Å². The third kappa shape index (κ3) is 2.71. The number of ether oxygens (including phenoxy) is 1. The van der Waals surface area contributed by atoms with Crippen LogP contribution in [-0.2, 0) is 6.18 Å². The van der Waals surface area contributed by atoms with Gasteiger partial charge in [0.1, 0.15) is 5.75 Å². The number of tetrazole rings is 1. The average Bonchev–Trinajstić information content (AvgIpc) is 3.10. The molecule has 0 saturated heterocycles. The summed E-state index contributed by atoms with van der Waals surface area (Å²) in [5.74, 6) is -0.909. The van der Waals surface area contributed by atoms with Gasteiger partial charge in [0.25, 0.3) is 5.82 Å². The van der Waals surface area contributed by atoms with E-state index in [0.29, 0.717) is 16.7 Å². The van der Waals surface area contributed by atoms with Crippen molar-refractivity contribution in [3.8, 4) is 11.4 Å². The number of carbonyl (C=O) groups excluding carboxylic acids is 1. The Bertz CT molecular complexity index is 679. The molecule has 1 aromatic heterocycles. The molecule has 3 rings (SSSR count). The van der Waals surface area contributed by atoms with Gasteiger partial charge < -0.3 is 4.74 Å². The fourth-order valence-corrected chi connectivity index (χ4v) is 1.77. The lowest BCUT2D eigenvalue weighted by Crippen LogP contribution is -2.15. The molecular weight excluding hydrogens is 289 g/mol. The van der Waals surface area contributed by atoms with Gasteiger partial charge in [-0.2, -0.15) is 17.9 Å². The smallest absolute Gasteiger partial charge is 0.453 e. The molecule has 1 aromatic carbocycles. The number of aromatic nitrogens is 4. The minimum atomic E-state index is -4.69. The lowest BCUT2D eigenvalue weighted by atomic mass is 10.2. The Balaban J connectivity index is 1.99. The number of rotatable bonds is 4. The summed E-state index contributed by atoms with van der Waals surface area (Å²) in [6.45, 7) is 0. The summed E-state index contributed by atoms with van der Waals surface area (Å²) in [5, 5.41) is 9.29. The van der Waals surface area contributed by atoms with Gasteiger partial charge in [-0.25, -0.2) is 0 Å². The molecule has 1 saturated carbocycles.